The van der Waals surface area contributed by atoms with Gasteiger partial charge < -0.3 is 10.2 Å². The topological polar surface area (TPSA) is 104 Å². The number of fused-ring (bicyclic) bond motifs is 1. The Bertz CT molecular complexity index is 1110. The Balaban J connectivity index is 1.90. The van der Waals surface area contributed by atoms with Crippen LogP contribution >= 0.6 is 0 Å². The molecule has 158 valence electrons. The second kappa shape index (κ2) is 8.27. The molecule has 9 heteroatoms. The van der Waals surface area contributed by atoms with Crippen molar-refractivity contribution in [3.63, 3.8) is 0 Å². The molecule has 1 heterocycles. The Morgan fingerprint density at radius 2 is 1.83 bits per heavy atom. The molecule has 0 saturated heterocycles. The summed E-state index contributed by atoms with van der Waals surface area (Å²) >= 11 is 0. The first-order chi connectivity index (χ1) is 14.2. The minimum absolute atomic E-state index is 0.0369. The van der Waals surface area contributed by atoms with Gasteiger partial charge in [-0.2, -0.15) is 0 Å². The lowest BCUT2D eigenvalue weighted by atomic mass is 10.1. The van der Waals surface area contributed by atoms with Crippen LogP contribution in [0.25, 0.3) is 0 Å². The van der Waals surface area contributed by atoms with Crippen LogP contribution in [0.2, 0.25) is 0 Å². The zero-order valence-corrected chi connectivity index (χ0v) is 17.8. The van der Waals surface area contributed by atoms with Crippen LogP contribution in [0.15, 0.2) is 53.4 Å². The average Bonchev–Trinajstić information content (AvgIpc) is 2.92. The summed E-state index contributed by atoms with van der Waals surface area (Å²) in [7, 11) is -2.66. The van der Waals surface area contributed by atoms with Gasteiger partial charge >= 0.3 is 0 Å². The number of rotatable bonds is 6. The van der Waals surface area contributed by atoms with Crippen LogP contribution in [0.4, 0.5) is 0 Å². The van der Waals surface area contributed by atoms with Gasteiger partial charge in [0, 0.05) is 13.6 Å². The first-order valence-corrected chi connectivity index (χ1v) is 10.8. The van der Waals surface area contributed by atoms with E-state index in [0.29, 0.717) is 4.31 Å². The number of nitrogens with one attached hydrogen (secondary N) is 1. The van der Waals surface area contributed by atoms with E-state index >= 15 is 0 Å². The second-order valence-electron chi connectivity index (χ2n) is 7.11. The van der Waals surface area contributed by atoms with Gasteiger partial charge in [-0.25, -0.2) is 12.7 Å². The van der Waals surface area contributed by atoms with Gasteiger partial charge in [0.1, 0.15) is 17.5 Å². The van der Waals surface area contributed by atoms with Crippen molar-refractivity contribution >= 4 is 27.7 Å². The number of hydrogen-bond donors (Lipinski definition) is 1. The first kappa shape index (κ1) is 21.5. The highest BCUT2D eigenvalue weighted by atomic mass is 32.2. The molecule has 2 aromatic rings. The minimum atomic E-state index is -4.12. The Morgan fingerprint density at radius 3 is 2.47 bits per heavy atom. The molecule has 3 amide bonds. The van der Waals surface area contributed by atoms with E-state index in [2.05, 4.69) is 5.32 Å². The van der Waals surface area contributed by atoms with Crippen molar-refractivity contribution in [1.29, 1.82) is 0 Å². The summed E-state index contributed by atoms with van der Waals surface area (Å²) in [5.74, 6) is -1.78. The molecule has 0 radical (unpaired) electrons. The maximum atomic E-state index is 13.1. The fraction of sp³-hybridized carbons (Fsp3) is 0.286. The summed E-state index contributed by atoms with van der Waals surface area (Å²) in [5.41, 5.74) is 1.81. The highest BCUT2D eigenvalue weighted by Crippen LogP contribution is 2.30. The highest BCUT2D eigenvalue weighted by molar-refractivity contribution is 7.90. The standard InChI is InChI=1S/C21H23N3O5S/c1-14-7-6-8-16(11-14)12-23(15(2)20(26)22-3)19(25)13-24-21(27)17-9-4-5-10-18(17)30(24,28)29/h4-11,15H,12-13H2,1-3H3,(H,22,26). The fourth-order valence-corrected chi connectivity index (χ4v) is 4.92. The Hall–Kier alpha value is -3.20. The molecule has 0 fully saturated rings. The Morgan fingerprint density at radius 1 is 1.13 bits per heavy atom. The normalized spacial score (nSPS) is 15.4. The van der Waals surface area contributed by atoms with E-state index in [1.165, 1.54) is 30.1 Å². The number of benzene rings is 2. The smallest absolute Gasteiger partial charge is 0.269 e. The lowest BCUT2D eigenvalue weighted by Gasteiger charge is -2.29. The fourth-order valence-electron chi connectivity index (χ4n) is 3.40. The summed E-state index contributed by atoms with van der Waals surface area (Å²) < 4.78 is 26.1. The van der Waals surface area contributed by atoms with Gasteiger partial charge in [-0.05, 0) is 31.5 Å². The predicted octanol–water partition coefficient (Wildman–Crippen LogP) is 1.30. The van der Waals surface area contributed by atoms with Gasteiger partial charge in [-0.1, -0.05) is 42.0 Å². The minimum Gasteiger partial charge on any atom is -0.357 e. The molecule has 0 bridgehead atoms. The molecule has 0 aromatic heterocycles. The largest absolute Gasteiger partial charge is 0.357 e. The number of nitrogens with zero attached hydrogens (tertiary/aromatic N) is 2. The van der Waals surface area contributed by atoms with Crippen molar-refractivity contribution in [2.45, 2.75) is 31.3 Å². The Labute approximate surface area is 175 Å². The third kappa shape index (κ3) is 3.93. The molecule has 8 nitrogen and oxygen atoms in total. The maximum absolute atomic E-state index is 13.1. The zero-order valence-electron chi connectivity index (χ0n) is 17.0. The van der Waals surface area contributed by atoms with Crippen molar-refractivity contribution in [3.05, 3.63) is 65.2 Å². The monoisotopic (exact) mass is 429 g/mol. The number of aryl methyl sites for hydroxylation is 1. The predicted molar refractivity (Wildman–Crippen MR) is 110 cm³/mol. The third-order valence-electron chi connectivity index (χ3n) is 5.04. The first-order valence-electron chi connectivity index (χ1n) is 9.39. The summed E-state index contributed by atoms with van der Waals surface area (Å²) in [4.78, 5) is 39.1. The van der Waals surface area contributed by atoms with E-state index in [4.69, 9.17) is 0 Å². The SMILES string of the molecule is CNC(=O)C(C)N(Cc1cccc(C)c1)C(=O)CN1C(=O)c2ccccc2S1(=O)=O. The number of hydrogen-bond acceptors (Lipinski definition) is 5. The molecule has 0 saturated carbocycles. The van der Waals surface area contributed by atoms with E-state index in [1.807, 2.05) is 31.2 Å². The number of amides is 3. The zero-order chi connectivity index (χ0) is 22.1. The third-order valence-corrected chi connectivity index (χ3v) is 6.83. The van der Waals surface area contributed by atoms with E-state index in [0.717, 1.165) is 11.1 Å². The molecule has 0 aliphatic carbocycles. The summed E-state index contributed by atoms with van der Waals surface area (Å²) in [5, 5.41) is 2.50. The van der Waals surface area contributed by atoms with Gasteiger partial charge in [0.25, 0.3) is 15.9 Å². The molecule has 0 spiro atoms. The molecule has 1 aliphatic heterocycles. The molecule has 2 aromatic carbocycles. The number of likely N-dealkylation sites (N-methyl/N-ethyl adjacent to an activating group) is 1. The van der Waals surface area contributed by atoms with Crippen LogP contribution in [-0.2, 0) is 26.2 Å². The summed E-state index contributed by atoms with van der Waals surface area (Å²) in [6.07, 6.45) is 0. The van der Waals surface area contributed by atoms with Gasteiger partial charge in [-0.3, -0.25) is 14.4 Å². The number of sulfonamides is 1. The highest BCUT2D eigenvalue weighted by Gasteiger charge is 2.43. The van der Waals surface area contributed by atoms with Crippen LogP contribution in [0.3, 0.4) is 0 Å². The van der Waals surface area contributed by atoms with Crippen LogP contribution < -0.4 is 5.32 Å². The van der Waals surface area contributed by atoms with Crippen LogP contribution in [-0.4, -0.2) is 55.0 Å². The molecule has 1 atom stereocenters. The van der Waals surface area contributed by atoms with Crippen molar-refractivity contribution in [3.8, 4) is 0 Å². The van der Waals surface area contributed by atoms with Gasteiger partial charge in [0.05, 0.1) is 5.56 Å². The summed E-state index contributed by atoms with van der Waals surface area (Å²) in [6.45, 7) is 2.89. The molecule has 1 unspecified atom stereocenters. The quantitative estimate of drug-likeness (QED) is 0.746. The van der Waals surface area contributed by atoms with E-state index < -0.39 is 40.3 Å². The lowest BCUT2D eigenvalue weighted by molar-refractivity contribution is -0.140. The van der Waals surface area contributed by atoms with Crippen molar-refractivity contribution in [2.75, 3.05) is 13.6 Å². The second-order valence-corrected chi connectivity index (χ2v) is 8.94. The molecular weight excluding hydrogens is 406 g/mol. The van der Waals surface area contributed by atoms with Gasteiger partial charge in [0.15, 0.2) is 0 Å². The molecule has 30 heavy (non-hydrogen) atoms. The molecule has 1 N–H and O–H groups in total. The van der Waals surface area contributed by atoms with E-state index in [9.17, 15) is 22.8 Å². The maximum Gasteiger partial charge on any atom is 0.269 e. The van der Waals surface area contributed by atoms with Crippen LogP contribution in [0.5, 0.6) is 0 Å². The molecule has 1 aliphatic rings. The van der Waals surface area contributed by atoms with Crippen molar-refractivity contribution in [1.82, 2.24) is 14.5 Å². The van der Waals surface area contributed by atoms with Gasteiger partial charge in [0.2, 0.25) is 11.8 Å². The molecular formula is C21H23N3O5S. The number of carbonyl (C=O) groups excluding carboxylic acids is 3. The van der Waals surface area contributed by atoms with E-state index in [1.54, 1.807) is 13.0 Å². The summed E-state index contributed by atoms with van der Waals surface area (Å²) in [6, 6.07) is 12.4. The van der Waals surface area contributed by atoms with Crippen LogP contribution in [0.1, 0.15) is 28.4 Å². The average molecular weight is 429 g/mol. The molecule has 3 rings (SSSR count). The van der Waals surface area contributed by atoms with Gasteiger partial charge in [-0.15, -0.1) is 0 Å². The lowest BCUT2D eigenvalue weighted by Crippen LogP contribution is -2.50. The van der Waals surface area contributed by atoms with Crippen LogP contribution in [0, 0.1) is 6.92 Å². The van der Waals surface area contributed by atoms with E-state index in [-0.39, 0.29) is 17.0 Å². The van der Waals surface area contributed by atoms with Crippen molar-refractivity contribution < 1.29 is 22.8 Å². The number of carbonyl (C=O) groups is 3. The Kier molecular flexibility index (Phi) is 5.93. The van der Waals surface area contributed by atoms with Crippen molar-refractivity contribution in [2.24, 2.45) is 0 Å².